The molecule has 1 atom stereocenters. The van der Waals surface area contributed by atoms with Gasteiger partial charge in [0.05, 0.1) is 6.61 Å². The van der Waals surface area contributed by atoms with Crippen molar-refractivity contribution in [3.05, 3.63) is 29.8 Å². The van der Waals surface area contributed by atoms with Crippen LogP contribution in [-0.2, 0) is 4.79 Å². The fourth-order valence-electron chi connectivity index (χ4n) is 2.86. The lowest BCUT2D eigenvalue weighted by atomic mass is 10.0. The zero-order valence-corrected chi connectivity index (χ0v) is 12.8. The SMILES string of the molecule is Cc1cccc(OCCCN2CCC(CCC(=O)O)C2)c1. The minimum Gasteiger partial charge on any atom is -0.494 e. The monoisotopic (exact) mass is 291 g/mol. The Labute approximate surface area is 126 Å². The van der Waals surface area contributed by atoms with Crippen LogP contribution in [0.25, 0.3) is 0 Å². The molecule has 1 fully saturated rings. The summed E-state index contributed by atoms with van der Waals surface area (Å²) in [7, 11) is 0. The van der Waals surface area contributed by atoms with Crippen molar-refractivity contribution in [3.8, 4) is 5.75 Å². The van der Waals surface area contributed by atoms with E-state index >= 15 is 0 Å². The number of aliphatic carboxylic acids is 1. The van der Waals surface area contributed by atoms with Crippen LogP contribution >= 0.6 is 0 Å². The van der Waals surface area contributed by atoms with E-state index < -0.39 is 5.97 Å². The van der Waals surface area contributed by atoms with Gasteiger partial charge in [0.1, 0.15) is 5.75 Å². The molecule has 1 aromatic carbocycles. The average Bonchev–Trinajstić information content (AvgIpc) is 2.89. The van der Waals surface area contributed by atoms with Crippen LogP contribution in [-0.4, -0.2) is 42.2 Å². The third-order valence-electron chi connectivity index (χ3n) is 4.01. The van der Waals surface area contributed by atoms with Gasteiger partial charge < -0.3 is 14.7 Å². The number of rotatable bonds is 8. The molecule has 1 aliphatic rings. The first kappa shape index (κ1) is 15.8. The first-order valence-corrected chi connectivity index (χ1v) is 7.77. The van der Waals surface area contributed by atoms with E-state index in [0.717, 1.165) is 51.3 Å². The van der Waals surface area contributed by atoms with E-state index in [1.165, 1.54) is 5.56 Å². The molecule has 0 amide bonds. The zero-order valence-electron chi connectivity index (χ0n) is 12.8. The molecule has 1 N–H and O–H groups in total. The molecule has 2 rings (SSSR count). The van der Waals surface area contributed by atoms with Crippen LogP contribution in [0.15, 0.2) is 24.3 Å². The molecule has 0 spiro atoms. The molecule has 0 radical (unpaired) electrons. The molecule has 0 aromatic heterocycles. The summed E-state index contributed by atoms with van der Waals surface area (Å²) >= 11 is 0. The lowest BCUT2D eigenvalue weighted by molar-refractivity contribution is -0.137. The topological polar surface area (TPSA) is 49.8 Å². The molecule has 1 saturated heterocycles. The van der Waals surface area contributed by atoms with Crippen molar-refractivity contribution in [1.82, 2.24) is 4.90 Å². The highest BCUT2D eigenvalue weighted by atomic mass is 16.5. The Kier molecular flexibility index (Phi) is 6.05. The Bertz CT molecular complexity index is 461. The number of carboxylic acid groups (broad SMARTS) is 1. The number of hydrogen-bond acceptors (Lipinski definition) is 3. The van der Waals surface area contributed by atoms with Gasteiger partial charge in [-0.1, -0.05) is 12.1 Å². The quantitative estimate of drug-likeness (QED) is 0.748. The minimum atomic E-state index is -0.681. The maximum Gasteiger partial charge on any atom is 0.303 e. The second-order valence-electron chi connectivity index (χ2n) is 5.91. The van der Waals surface area contributed by atoms with Crippen molar-refractivity contribution in [2.75, 3.05) is 26.2 Å². The highest BCUT2D eigenvalue weighted by Crippen LogP contribution is 2.21. The van der Waals surface area contributed by atoms with E-state index in [0.29, 0.717) is 12.3 Å². The smallest absolute Gasteiger partial charge is 0.303 e. The Hall–Kier alpha value is -1.55. The summed E-state index contributed by atoms with van der Waals surface area (Å²) in [6.45, 7) is 5.97. The molecule has 116 valence electrons. The van der Waals surface area contributed by atoms with Gasteiger partial charge in [-0.25, -0.2) is 0 Å². The van der Waals surface area contributed by atoms with Crippen LogP contribution in [0.1, 0.15) is 31.2 Å². The molecule has 4 nitrogen and oxygen atoms in total. The molecule has 1 heterocycles. The largest absolute Gasteiger partial charge is 0.494 e. The number of benzene rings is 1. The van der Waals surface area contributed by atoms with Crippen LogP contribution in [0.3, 0.4) is 0 Å². The molecule has 0 aliphatic carbocycles. The van der Waals surface area contributed by atoms with Gasteiger partial charge in [-0.05, 0) is 56.3 Å². The fraction of sp³-hybridized carbons (Fsp3) is 0.588. The highest BCUT2D eigenvalue weighted by molar-refractivity contribution is 5.66. The van der Waals surface area contributed by atoms with E-state index in [2.05, 4.69) is 24.0 Å². The summed E-state index contributed by atoms with van der Waals surface area (Å²) in [6.07, 6.45) is 3.26. The summed E-state index contributed by atoms with van der Waals surface area (Å²) in [5.41, 5.74) is 1.22. The second kappa shape index (κ2) is 8.03. The molecule has 21 heavy (non-hydrogen) atoms. The van der Waals surface area contributed by atoms with Crippen LogP contribution in [0.2, 0.25) is 0 Å². The molecule has 4 heteroatoms. The first-order chi connectivity index (χ1) is 10.1. The van der Waals surface area contributed by atoms with Gasteiger partial charge in [0.2, 0.25) is 0 Å². The van der Waals surface area contributed by atoms with E-state index in [1.54, 1.807) is 0 Å². The summed E-state index contributed by atoms with van der Waals surface area (Å²) in [5, 5.41) is 8.71. The fourth-order valence-corrected chi connectivity index (χ4v) is 2.86. The van der Waals surface area contributed by atoms with Gasteiger partial charge in [-0.2, -0.15) is 0 Å². The Morgan fingerprint density at radius 1 is 1.48 bits per heavy atom. The van der Waals surface area contributed by atoms with Crippen LogP contribution in [0.5, 0.6) is 5.75 Å². The Morgan fingerprint density at radius 3 is 3.10 bits per heavy atom. The lowest BCUT2D eigenvalue weighted by Crippen LogP contribution is -2.23. The van der Waals surface area contributed by atoms with Crippen molar-refractivity contribution in [3.63, 3.8) is 0 Å². The molecule has 0 saturated carbocycles. The Balaban J connectivity index is 1.58. The molecule has 1 aliphatic heterocycles. The van der Waals surface area contributed by atoms with Gasteiger partial charge in [-0.15, -0.1) is 0 Å². The summed E-state index contributed by atoms with van der Waals surface area (Å²) in [5.74, 6) is 0.814. The van der Waals surface area contributed by atoms with E-state index in [9.17, 15) is 4.79 Å². The molecular weight excluding hydrogens is 266 g/mol. The lowest BCUT2D eigenvalue weighted by Gasteiger charge is -2.16. The number of ether oxygens (including phenoxy) is 1. The van der Waals surface area contributed by atoms with Crippen molar-refractivity contribution < 1.29 is 14.6 Å². The summed E-state index contributed by atoms with van der Waals surface area (Å²) < 4.78 is 5.75. The maximum absolute atomic E-state index is 10.6. The minimum absolute atomic E-state index is 0.301. The number of carbonyl (C=O) groups is 1. The van der Waals surface area contributed by atoms with Gasteiger partial charge in [0, 0.05) is 19.5 Å². The molecular formula is C17H25NO3. The van der Waals surface area contributed by atoms with Crippen molar-refractivity contribution in [2.45, 2.75) is 32.6 Å². The van der Waals surface area contributed by atoms with E-state index in [4.69, 9.17) is 9.84 Å². The van der Waals surface area contributed by atoms with Gasteiger partial charge in [0.15, 0.2) is 0 Å². The predicted octanol–water partition coefficient (Wildman–Crippen LogP) is 2.95. The molecule has 1 aromatic rings. The van der Waals surface area contributed by atoms with E-state index in [-0.39, 0.29) is 0 Å². The van der Waals surface area contributed by atoms with Crippen LogP contribution < -0.4 is 4.74 Å². The average molecular weight is 291 g/mol. The first-order valence-electron chi connectivity index (χ1n) is 7.77. The third-order valence-corrected chi connectivity index (χ3v) is 4.01. The van der Waals surface area contributed by atoms with Crippen molar-refractivity contribution in [1.29, 1.82) is 0 Å². The van der Waals surface area contributed by atoms with E-state index in [1.807, 2.05) is 12.1 Å². The van der Waals surface area contributed by atoms with Gasteiger partial charge >= 0.3 is 5.97 Å². The highest BCUT2D eigenvalue weighted by Gasteiger charge is 2.22. The van der Waals surface area contributed by atoms with Crippen LogP contribution in [0, 0.1) is 12.8 Å². The maximum atomic E-state index is 10.6. The summed E-state index contributed by atoms with van der Waals surface area (Å²) in [4.78, 5) is 13.0. The van der Waals surface area contributed by atoms with Crippen LogP contribution in [0.4, 0.5) is 0 Å². The zero-order chi connectivity index (χ0) is 15.1. The molecule has 1 unspecified atom stereocenters. The third kappa shape index (κ3) is 5.76. The summed E-state index contributed by atoms with van der Waals surface area (Å²) in [6, 6.07) is 8.12. The van der Waals surface area contributed by atoms with Gasteiger partial charge in [-0.3, -0.25) is 4.79 Å². The number of carboxylic acids is 1. The van der Waals surface area contributed by atoms with Crippen molar-refractivity contribution in [2.24, 2.45) is 5.92 Å². The number of nitrogens with zero attached hydrogens (tertiary/aromatic N) is 1. The number of aryl methyl sites for hydroxylation is 1. The number of hydrogen-bond donors (Lipinski definition) is 1. The molecule has 0 bridgehead atoms. The second-order valence-corrected chi connectivity index (χ2v) is 5.91. The van der Waals surface area contributed by atoms with Gasteiger partial charge in [0.25, 0.3) is 0 Å². The predicted molar refractivity (Wildman–Crippen MR) is 82.7 cm³/mol. The normalized spacial score (nSPS) is 18.8. The van der Waals surface area contributed by atoms with Crippen molar-refractivity contribution >= 4 is 5.97 Å². The Morgan fingerprint density at radius 2 is 2.33 bits per heavy atom. The standard InChI is InChI=1S/C17H25NO3/c1-14-4-2-5-16(12-14)21-11-3-9-18-10-8-15(13-18)6-7-17(19)20/h2,4-5,12,15H,3,6-11,13H2,1H3,(H,19,20). The number of likely N-dealkylation sites (tertiary alicyclic amines) is 1.